The van der Waals surface area contributed by atoms with E-state index in [2.05, 4.69) is 15.0 Å². The van der Waals surface area contributed by atoms with E-state index in [-0.39, 0.29) is 12.4 Å². The molecule has 0 atom stereocenters. The Bertz CT molecular complexity index is 654. The van der Waals surface area contributed by atoms with Crippen LogP contribution < -0.4 is 0 Å². The van der Waals surface area contributed by atoms with Gasteiger partial charge in [-0.15, -0.1) is 0 Å². The number of alkyl halides is 3. The van der Waals surface area contributed by atoms with E-state index >= 15 is 0 Å². The van der Waals surface area contributed by atoms with E-state index < -0.39 is 11.7 Å². The molecule has 104 valence electrons. The van der Waals surface area contributed by atoms with Crippen molar-refractivity contribution in [3.05, 3.63) is 51.7 Å². The number of hydrogen-bond acceptors (Lipinski definition) is 3. The number of nitrogens with zero attached hydrogens (tertiary/aromatic N) is 4. The van der Waals surface area contributed by atoms with Crippen molar-refractivity contribution in [3.63, 3.8) is 0 Å². The first-order chi connectivity index (χ1) is 9.41. The Kier molecular flexibility index (Phi) is 3.67. The van der Waals surface area contributed by atoms with E-state index in [0.29, 0.717) is 17.0 Å². The van der Waals surface area contributed by atoms with Crippen LogP contribution in [0.1, 0.15) is 17.0 Å². The minimum atomic E-state index is -4.38. The van der Waals surface area contributed by atoms with Gasteiger partial charge < -0.3 is 4.42 Å². The standard InChI is InChI=1S/C12H9F3N4O/c1-7-10(6-17-19-16)18-11(20-7)8-2-4-9(5-3-8)12(13,14)15/h2-5H,6H2,1H3. The molecule has 20 heavy (non-hydrogen) atoms. The van der Waals surface area contributed by atoms with Crippen molar-refractivity contribution >= 4 is 0 Å². The quantitative estimate of drug-likeness (QED) is 0.473. The molecule has 0 amide bonds. The van der Waals surface area contributed by atoms with Crippen LogP contribution in [0.5, 0.6) is 0 Å². The van der Waals surface area contributed by atoms with Crippen LogP contribution >= 0.6 is 0 Å². The van der Waals surface area contributed by atoms with Gasteiger partial charge in [-0.05, 0) is 36.7 Å². The lowest BCUT2D eigenvalue weighted by Crippen LogP contribution is -2.03. The topological polar surface area (TPSA) is 74.8 Å². The van der Waals surface area contributed by atoms with Gasteiger partial charge in [0.1, 0.15) is 5.76 Å². The molecule has 0 spiro atoms. The van der Waals surface area contributed by atoms with Crippen molar-refractivity contribution in [2.45, 2.75) is 19.6 Å². The Balaban J connectivity index is 2.30. The molecule has 0 N–H and O–H groups in total. The smallest absolute Gasteiger partial charge is 0.416 e. The molecular formula is C12H9F3N4O. The summed E-state index contributed by atoms with van der Waals surface area (Å²) in [6.07, 6.45) is -4.38. The molecule has 8 heteroatoms. The molecule has 0 saturated heterocycles. The first-order valence-corrected chi connectivity index (χ1v) is 5.56. The number of oxazole rings is 1. The minimum absolute atomic E-state index is 0.0342. The summed E-state index contributed by atoms with van der Waals surface area (Å²) in [6.45, 7) is 1.68. The molecule has 0 radical (unpaired) electrons. The number of azide groups is 1. The summed E-state index contributed by atoms with van der Waals surface area (Å²) >= 11 is 0. The maximum Gasteiger partial charge on any atom is 0.416 e. The monoisotopic (exact) mass is 282 g/mol. The average Bonchev–Trinajstić information content (AvgIpc) is 2.77. The molecule has 0 unspecified atom stereocenters. The van der Waals surface area contributed by atoms with E-state index in [1.54, 1.807) is 6.92 Å². The van der Waals surface area contributed by atoms with Crippen molar-refractivity contribution in [2.24, 2.45) is 5.11 Å². The van der Waals surface area contributed by atoms with E-state index in [9.17, 15) is 13.2 Å². The summed E-state index contributed by atoms with van der Waals surface area (Å²) in [5, 5.41) is 3.37. The van der Waals surface area contributed by atoms with Crippen LogP contribution in [0.2, 0.25) is 0 Å². The maximum absolute atomic E-state index is 12.4. The fraction of sp³-hybridized carbons (Fsp3) is 0.250. The third kappa shape index (κ3) is 2.92. The highest BCUT2D eigenvalue weighted by Crippen LogP contribution is 2.31. The Morgan fingerprint density at radius 3 is 2.50 bits per heavy atom. The largest absolute Gasteiger partial charge is 0.441 e. The SMILES string of the molecule is Cc1oc(-c2ccc(C(F)(F)F)cc2)nc1CN=[N+]=[N-]. The van der Waals surface area contributed by atoms with Crippen LogP contribution in [-0.2, 0) is 12.7 Å². The van der Waals surface area contributed by atoms with Crippen molar-refractivity contribution in [1.29, 1.82) is 0 Å². The molecule has 2 aromatic rings. The Morgan fingerprint density at radius 1 is 1.30 bits per heavy atom. The number of aryl methyl sites for hydroxylation is 1. The lowest BCUT2D eigenvalue weighted by molar-refractivity contribution is -0.137. The first kappa shape index (κ1) is 14.0. The second-order valence-corrected chi connectivity index (χ2v) is 3.99. The zero-order chi connectivity index (χ0) is 14.8. The van der Waals surface area contributed by atoms with Crippen LogP contribution in [-0.4, -0.2) is 4.98 Å². The van der Waals surface area contributed by atoms with Crippen molar-refractivity contribution in [1.82, 2.24) is 4.98 Å². The van der Waals surface area contributed by atoms with Crippen LogP contribution in [0, 0.1) is 6.92 Å². The number of benzene rings is 1. The molecule has 5 nitrogen and oxygen atoms in total. The van der Waals surface area contributed by atoms with E-state index in [1.807, 2.05) is 0 Å². The van der Waals surface area contributed by atoms with Crippen molar-refractivity contribution in [2.75, 3.05) is 0 Å². The number of rotatable bonds is 3. The zero-order valence-electron chi connectivity index (χ0n) is 10.3. The summed E-state index contributed by atoms with van der Waals surface area (Å²) in [7, 11) is 0. The highest BCUT2D eigenvalue weighted by atomic mass is 19.4. The molecular weight excluding hydrogens is 273 g/mol. The van der Waals surface area contributed by atoms with Gasteiger partial charge in [-0.1, -0.05) is 5.11 Å². The van der Waals surface area contributed by atoms with Gasteiger partial charge in [-0.2, -0.15) is 13.2 Å². The van der Waals surface area contributed by atoms with Crippen molar-refractivity contribution < 1.29 is 17.6 Å². The van der Waals surface area contributed by atoms with Gasteiger partial charge in [0.15, 0.2) is 0 Å². The summed E-state index contributed by atoms with van der Waals surface area (Å²) in [6, 6.07) is 4.49. The normalized spacial score (nSPS) is 11.2. The average molecular weight is 282 g/mol. The van der Waals surface area contributed by atoms with Gasteiger partial charge in [0.25, 0.3) is 0 Å². The van der Waals surface area contributed by atoms with Gasteiger partial charge in [0, 0.05) is 10.5 Å². The fourth-order valence-electron chi connectivity index (χ4n) is 1.60. The van der Waals surface area contributed by atoms with Crippen molar-refractivity contribution in [3.8, 4) is 11.5 Å². The molecule has 0 aliphatic carbocycles. The number of aromatic nitrogens is 1. The second kappa shape index (κ2) is 5.26. The molecule has 0 fully saturated rings. The Morgan fingerprint density at radius 2 is 1.95 bits per heavy atom. The molecule has 1 aromatic heterocycles. The Labute approximate surface area is 111 Å². The predicted molar refractivity (Wildman–Crippen MR) is 64.5 cm³/mol. The number of hydrogen-bond donors (Lipinski definition) is 0. The van der Waals surface area contributed by atoms with Crippen LogP contribution in [0.15, 0.2) is 33.8 Å². The highest BCUT2D eigenvalue weighted by Gasteiger charge is 2.30. The van der Waals surface area contributed by atoms with Gasteiger partial charge in [0.05, 0.1) is 17.8 Å². The van der Waals surface area contributed by atoms with Gasteiger partial charge >= 0.3 is 6.18 Å². The lowest BCUT2D eigenvalue weighted by atomic mass is 10.1. The van der Waals surface area contributed by atoms with Gasteiger partial charge in [0.2, 0.25) is 5.89 Å². The van der Waals surface area contributed by atoms with Crippen LogP contribution in [0.4, 0.5) is 13.2 Å². The van der Waals surface area contributed by atoms with E-state index in [1.165, 1.54) is 12.1 Å². The zero-order valence-corrected chi connectivity index (χ0v) is 10.3. The third-order valence-electron chi connectivity index (χ3n) is 2.64. The molecule has 1 heterocycles. The maximum atomic E-state index is 12.4. The number of halogens is 3. The van der Waals surface area contributed by atoms with Crippen LogP contribution in [0.25, 0.3) is 21.9 Å². The Hall–Kier alpha value is -2.47. The summed E-state index contributed by atoms with van der Waals surface area (Å²) in [4.78, 5) is 6.71. The molecule has 0 aliphatic rings. The predicted octanol–water partition coefficient (Wildman–Crippen LogP) is 4.48. The summed E-state index contributed by atoms with van der Waals surface area (Å²) < 4.78 is 42.7. The highest BCUT2D eigenvalue weighted by molar-refractivity contribution is 5.54. The fourth-order valence-corrected chi connectivity index (χ4v) is 1.60. The molecule has 1 aromatic carbocycles. The molecule has 0 saturated carbocycles. The van der Waals surface area contributed by atoms with Gasteiger partial charge in [-0.3, -0.25) is 0 Å². The second-order valence-electron chi connectivity index (χ2n) is 3.99. The van der Waals surface area contributed by atoms with E-state index in [0.717, 1.165) is 12.1 Å². The third-order valence-corrected chi connectivity index (χ3v) is 2.64. The summed E-state index contributed by atoms with van der Waals surface area (Å²) in [5.41, 5.74) is 8.39. The minimum Gasteiger partial charge on any atom is -0.441 e. The molecule has 0 bridgehead atoms. The molecule has 2 rings (SSSR count). The first-order valence-electron chi connectivity index (χ1n) is 5.56. The lowest BCUT2D eigenvalue weighted by Gasteiger charge is -2.05. The summed E-state index contributed by atoms with van der Waals surface area (Å²) in [5.74, 6) is 0.659. The van der Waals surface area contributed by atoms with Crippen LogP contribution in [0.3, 0.4) is 0 Å². The molecule has 0 aliphatic heterocycles. The van der Waals surface area contributed by atoms with E-state index in [4.69, 9.17) is 9.95 Å². The van der Waals surface area contributed by atoms with Gasteiger partial charge in [-0.25, -0.2) is 4.98 Å².